The molecule has 0 radical (unpaired) electrons. The Morgan fingerprint density at radius 3 is 1.59 bits per heavy atom. The maximum atomic E-state index is 6.29. The van der Waals surface area contributed by atoms with Gasteiger partial charge >= 0.3 is 0 Å². The third kappa shape index (κ3) is 5.45. The number of benzene rings is 8. The standard InChI is InChI=1S/C51H32N4O/c1-3-12-33(13-4-1)35-22-24-36(25-23-35)49-52-50(54-51(53-49)39-26-28-43-42-19-8-10-21-47(42)56-48(43)32-39)38-16-11-17-40(30-38)55-45-20-9-7-18-41(45)44-31-37(27-29-46(44)55)34-14-5-2-6-15-34/h1-32H. The molecule has 5 nitrogen and oxygen atoms in total. The highest BCUT2D eigenvalue weighted by Gasteiger charge is 2.17. The number of furan rings is 1. The molecule has 0 atom stereocenters. The number of nitrogens with zero attached hydrogens (tertiary/aromatic N) is 4. The van der Waals surface area contributed by atoms with Gasteiger partial charge in [0.15, 0.2) is 17.5 Å². The predicted molar refractivity (Wildman–Crippen MR) is 229 cm³/mol. The number of fused-ring (bicyclic) bond motifs is 6. The predicted octanol–water partition coefficient (Wildman–Crippen LogP) is 13.2. The Morgan fingerprint density at radius 1 is 0.304 bits per heavy atom. The summed E-state index contributed by atoms with van der Waals surface area (Å²) in [6, 6.07) is 67.6. The molecule has 0 spiro atoms. The maximum Gasteiger partial charge on any atom is 0.164 e. The van der Waals surface area contributed by atoms with E-state index < -0.39 is 0 Å². The zero-order chi connectivity index (χ0) is 37.0. The molecule has 3 aromatic heterocycles. The minimum absolute atomic E-state index is 0.579. The van der Waals surface area contributed by atoms with E-state index in [-0.39, 0.29) is 0 Å². The molecule has 0 saturated carbocycles. The fourth-order valence-corrected chi connectivity index (χ4v) is 7.92. The van der Waals surface area contributed by atoms with E-state index in [4.69, 9.17) is 19.4 Å². The molecular weight excluding hydrogens is 685 g/mol. The quantitative estimate of drug-likeness (QED) is 0.172. The second-order valence-corrected chi connectivity index (χ2v) is 14.1. The van der Waals surface area contributed by atoms with E-state index >= 15 is 0 Å². The SMILES string of the molecule is c1ccc(-c2ccc(-c3nc(-c4cccc(-n5c6ccccc6c6cc(-c7ccccc7)ccc65)c4)nc(-c4ccc5c(c4)oc4ccccc45)n3)cc2)cc1. The second kappa shape index (κ2) is 13.0. The van der Waals surface area contributed by atoms with Crippen LogP contribution in [0, 0.1) is 0 Å². The van der Waals surface area contributed by atoms with E-state index in [2.05, 4.69) is 168 Å². The van der Waals surface area contributed by atoms with Gasteiger partial charge in [-0.3, -0.25) is 0 Å². The van der Waals surface area contributed by atoms with Crippen LogP contribution in [-0.4, -0.2) is 19.5 Å². The van der Waals surface area contributed by atoms with E-state index in [0.29, 0.717) is 17.5 Å². The smallest absolute Gasteiger partial charge is 0.164 e. The first-order chi connectivity index (χ1) is 27.7. The Bertz CT molecular complexity index is 3240. The number of para-hydroxylation sites is 2. The first-order valence-electron chi connectivity index (χ1n) is 18.8. The Balaban J connectivity index is 1.06. The summed E-state index contributed by atoms with van der Waals surface area (Å²) < 4.78 is 8.62. The minimum atomic E-state index is 0.579. The molecule has 8 aromatic carbocycles. The van der Waals surface area contributed by atoms with Crippen LogP contribution in [0.3, 0.4) is 0 Å². The third-order valence-electron chi connectivity index (χ3n) is 10.7. The Kier molecular flexibility index (Phi) is 7.42. The Labute approximate surface area is 322 Å². The second-order valence-electron chi connectivity index (χ2n) is 14.1. The van der Waals surface area contributed by atoms with E-state index in [0.717, 1.165) is 66.5 Å². The molecule has 3 heterocycles. The van der Waals surface area contributed by atoms with Gasteiger partial charge in [-0.05, 0) is 70.8 Å². The molecule has 56 heavy (non-hydrogen) atoms. The van der Waals surface area contributed by atoms with Crippen LogP contribution < -0.4 is 0 Å². The van der Waals surface area contributed by atoms with Crippen molar-refractivity contribution >= 4 is 43.7 Å². The molecule has 0 aliphatic carbocycles. The van der Waals surface area contributed by atoms with E-state index in [1.165, 1.54) is 21.9 Å². The lowest BCUT2D eigenvalue weighted by Gasteiger charge is -2.12. The molecule has 0 unspecified atom stereocenters. The lowest BCUT2D eigenvalue weighted by atomic mass is 10.0. The van der Waals surface area contributed by atoms with Gasteiger partial charge < -0.3 is 8.98 Å². The normalized spacial score (nSPS) is 11.6. The molecule has 11 aromatic rings. The van der Waals surface area contributed by atoms with Gasteiger partial charge in [0.1, 0.15) is 11.2 Å². The van der Waals surface area contributed by atoms with Gasteiger partial charge in [-0.15, -0.1) is 0 Å². The van der Waals surface area contributed by atoms with Crippen molar-refractivity contribution in [1.82, 2.24) is 19.5 Å². The van der Waals surface area contributed by atoms with Crippen molar-refractivity contribution in [3.05, 3.63) is 194 Å². The first kappa shape index (κ1) is 31.9. The third-order valence-corrected chi connectivity index (χ3v) is 10.7. The van der Waals surface area contributed by atoms with Gasteiger partial charge in [0.25, 0.3) is 0 Å². The number of hydrogen-bond acceptors (Lipinski definition) is 4. The summed E-state index contributed by atoms with van der Waals surface area (Å²) in [6.07, 6.45) is 0. The van der Waals surface area contributed by atoms with Crippen LogP contribution in [-0.2, 0) is 0 Å². The van der Waals surface area contributed by atoms with Crippen LogP contribution in [0.25, 0.3) is 106 Å². The highest BCUT2D eigenvalue weighted by atomic mass is 16.3. The maximum absolute atomic E-state index is 6.29. The molecule has 5 heteroatoms. The average Bonchev–Trinajstić information content (AvgIpc) is 3.82. The summed E-state index contributed by atoms with van der Waals surface area (Å²) in [6.45, 7) is 0. The van der Waals surface area contributed by atoms with E-state index in [1.54, 1.807) is 0 Å². The van der Waals surface area contributed by atoms with Gasteiger partial charge in [-0.1, -0.05) is 146 Å². The summed E-state index contributed by atoms with van der Waals surface area (Å²) in [5.74, 6) is 1.77. The highest BCUT2D eigenvalue weighted by Crippen LogP contribution is 2.37. The highest BCUT2D eigenvalue weighted by molar-refractivity contribution is 6.10. The fraction of sp³-hybridized carbons (Fsp3) is 0. The van der Waals surface area contributed by atoms with Crippen LogP contribution in [0.2, 0.25) is 0 Å². The summed E-state index contributed by atoms with van der Waals surface area (Å²) >= 11 is 0. The molecule has 262 valence electrons. The molecule has 0 bridgehead atoms. The van der Waals surface area contributed by atoms with Crippen molar-refractivity contribution < 1.29 is 4.42 Å². The zero-order valence-electron chi connectivity index (χ0n) is 30.2. The Hall–Kier alpha value is -7.63. The van der Waals surface area contributed by atoms with Crippen molar-refractivity contribution in [1.29, 1.82) is 0 Å². The van der Waals surface area contributed by atoms with Crippen LogP contribution >= 0.6 is 0 Å². The fourth-order valence-electron chi connectivity index (χ4n) is 7.92. The van der Waals surface area contributed by atoms with Crippen molar-refractivity contribution in [3.63, 3.8) is 0 Å². The van der Waals surface area contributed by atoms with Crippen LogP contribution in [0.4, 0.5) is 0 Å². The number of aromatic nitrogens is 4. The molecule has 0 fully saturated rings. The van der Waals surface area contributed by atoms with Crippen molar-refractivity contribution in [2.75, 3.05) is 0 Å². The number of rotatable bonds is 6. The summed E-state index contributed by atoms with van der Waals surface area (Å²) in [7, 11) is 0. The minimum Gasteiger partial charge on any atom is -0.456 e. The molecule has 0 amide bonds. The van der Waals surface area contributed by atoms with Gasteiger partial charge in [-0.2, -0.15) is 0 Å². The number of hydrogen-bond donors (Lipinski definition) is 0. The average molecular weight is 717 g/mol. The van der Waals surface area contributed by atoms with Crippen LogP contribution in [0.1, 0.15) is 0 Å². The van der Waals surface area contributed by atoms with Gasteiger partial charge in [0, 0.05) is 43.9 Å². The van der Waals surface area contributed by atoms with Crippen molar-refractivity contribution in [3.8, 4) is 62.1 Å². The summed E-state index contributed by atoms with van der Waals surface area (Å²) in [4.78, 5) is 15.4. The van der Waals surface area contributed by atoms with E-state index in [1.807, 2.05) is 30.3 Å². The topological polar surface area (TPSA) is 56.7 Å². The summed E-state index contributed by atoms with van der Waals surface area (Å²) in [5.41, 5.74) is 12.3. The lowest BCUT2D eigenvalue weighted by molar-refractivity contribution is 0.669. The van der Waals surface area contributed by atoms with Gasteiger partial charge in [0.2, 0.25) is 0 Å². The van der Waals surface area contributed by atoms with Crippen LogP contribution in [0.5, 0.6) is 0 Å². The van der Waals surface area contributed by atoms with Gasteiger partial charge in [0.05, 0.1) is 11.0 Å². The van der Waals surface area contributed by atoms with Crippen molar-refractivity contribution in [2.24, 2.45) is 0 Å². The molecule has 0 aliphatic rings. The molecule has 11 rings (SSSR count). The summed E-state index contributed by atoms with van der Waals surface area (Å²) in [5, 5.41) is 4.56. The van der Waals surface area contributed by atoms with Crippen molar-refractivity contribution in [2.45, 2.75) is 0 Å². The lowest BCUT2D eigenvalue weighted by Crippen LogP contribution is -2.01. The molecule has 0 saturated heterocycles. The largest absolute Gasteiger partial charge is 0.456 e. The van der Waals surface area contributed by atoms with Gasteiger partial charge in [-0.25, -0.2) is 15.0 Å². The molecule has 0 N–H and O–H groups in total. The molecule has 0 aliphatic heterocycles. The van der Waals surface area contributed by atoms with E-state index in [9.17, 15) is 0 Å². The van der Waals surface area contributed by atoms with Crippen LogP contribution in [0.15, 0.2) is 199 Å². The monoisotopic (exact) mass is 716 g/mol. The zero-order valence-corrected chi connectivity index (χ0v) is 30.2. The first-order valence-corrected chi connectivity index (χ1v) is 18.8. The Morgan fingerprint density at radius 2 is 0.821 bits per heavy atom. The molecular formula is C51H32N4O.